The van der Waals surface area contributed by atoms with Crippen LogP contribution in [0, 0.1) is 0 Å². The first-order chi connectivity index (χ1) is 3.80. The van der Waals surface area contributed by atoms with E-state index >= 15 is 0 Å². The second-order valence-corrected chi connectivity index (χ2v) is 2.54. The van der Waals surface area contributed by atoms with Gasteiger partial charge < -0.3 is 9.47 Å². The van der Waals surface area contributed by atoms with E-state index in [2.05, 4.69) is 25.3 Å². The highest BCUT2D eigenvalue weighted by Gasteiger charge is 2.18. The minimum atomic E-state index is -0.160. The van der Waals surface area contributed by atoms with Gasteiger partial charge in [0.05, 0.1) is 13.2 Å². The zero-order chi connectivity index (χ0) is 5.98. The SMILES string of the molecule is SC1OCCO[C@H]1S. The van der Waals surface area contributed by atoms with Gasteiger partial charge in [0, 0.05) is 0 Å². The summed E-state index contributed by atoms with van der Waals surface area (Å²) in [5.41, 5.74) is -0.320. The topological polar surface area (TPSA) is 18.5 Å². The first-order valence-electron chi connectivity index (χ1n) is 2.40. The maximum atomic E-state index is 5.05. The second-order valence-electron chi connectivity index (χ2n) is 1.52. The molecule has 2 nitrogen and oxygen atoms in total. The van der Waals surface area contributed by atoms with E-state index < -0.39 is 0 Å². The van der Waals surface area contributed by atoms with E-state index in [0.29, 0.717) is 13.2 Å². The number of hydrogen-bond acceptors (Lipinski definition) is 4. The van der Waals surface area contributed by atoms with Gasteiger partial charge in [0.2, 0.25) is 0 Å². The third-order valence-electron chi connectivity index (χ3n) is 0.904. The lowest BCUT2D eigenvalue weighted by atomic mass is 10.6. The molecule has 1 heterocycles. The largest absolute Gasteiger partial charge is 0.362 e. The van der Waals surface area contributed by atoms with Gasteiger partial charge in [0.15, 0.2) is 0 Å². The standard InChI is InChI=1S/C4H8O2S2/c7-3-4(8)6-2-1-5-3/h3-4,7-8H,1-2H2/t3-,4?/m0/s1. The van der Waals surface area contributed by atoms with Gasteiger partial charge >= 0.3 is 0 Å². The van der Waals surface area contributed by atoms with E-state index in [-0.39, 0.29) is 10.9 Å². The van der Waals surface area contributed by atoms with Gasteiger partial charge in [-0.05, 0) is 0 Å². The van der Waals surface area contributed by atoms with Crippen LogP contribution in [0.1, 0.15) is 0 Å². The summed E-state index contributed by atoms with van der Waals surface area (Å²) in [6, 6.07) is 0. The smallest absolute Gasteiger partial charge is 0.135 e. The lowest BCUT2D eigenvalue weighted by Crippen LogP contribution is -2.30. The van der Waals surface area contributed by atoms with Crippen molar-refractivity contribution in [2.24, 2.45) is 0 Å². The third-order valence-corrected chi connectivity index (χ3v) is 1.98. The van der Waals surface area contributed by atoms with Gasteiger partial charge in [0.1, 0.15) is 10.9 Å². The third kappa shape index (κ3) is 1.55. The monoisotopic (exact) mass is 152 g/mol. The fourth-order valence-electron chi connectivity index (χ4n) is 0.502. The van der Waals surface area contributed by atoms with Gasteiger partial charge in [0.25, 0.3) is 0 Å². The summed E-state index contributed by atoms with van der Waals surface area (Å²) in [6.45, 7) is 1.26. The van der Waals surface area contributed by atoms with Crippen molar-refractivity contribution < 1.29 is 9.47 Å². The summed E-state index contributed by atoms with van der Waals surface area (Å²) in [6.07, 6.45) is 0. The van der Waals surface area contributed by atoms with Crippen LogP contribution in [0.4, 0.5) is 0 Å². The van der Waals surface area contributed by atoms with Crippen molar-refractivity contribution in [3.05, 3.63) is 0 Å². The summed E-state index contributed by atoms with van der Waals surface area (Å²) >= 11 is 8.07. The summed E-state index contributed by atoms with van der Waals surface area (Å²) in [5.74, 6) is 0. The molecule has 8 heavy (non-hydrogen) atoms. The Kier molecular flexibility index (Phi) is 2.49. The van der Waals surface area contributed by atoms with Crippen LogP contribution < -0.4 is 0 Å². The molecule has 2 atom stereocenters. The minimum absolute atomic E-state index is 0.160. The molecule has 1 aliphatic rings. The average molecular weight is 152 g/mol. The molecule has 0 aromatic heterocycles. The summed E-state index contributed by atoms with van der Waals surface area (Å²) in [4.78, 5) is 0. The normalized spacial score (nSPS) is 39.8. The Morgan fingerprint density at radius 1 is 1.00 bits per heavy atom. The summed E-state index contributed by atoms with van der Waals surface area (Å²) in [7, 11) is 0. The van der Waals surface area contributed by atoms with Gasteiger partial charge in [-0.15, -0.1) is 25.3 Å². The van der Waals surface area contributed by atoms with E-state index in [4.69, 9.17) is 9.47 Å². The molecule has 4 heteroatoms. The zero-order valence-corrected chi connectivity index (χ0v) is 6.07. The Labute approximate surface area is 59.4 Å². The molecule has 0 spiro atoms. The molecular formula is C4H8O2S2. The van der Waals surface area contributed by atoms with Crippen molar-refractivity contribution in [2.75, 3.05) is 13.2 Å². The molecule has 0 amide bonds. The molecule has 0 bridgehead atoms. The van der Waals surface area contributed by atoms with E-state index in [0.717, 1.165) is 0 Å². The van der Waals surface area contributed by atoms with Crippen LogP contribution >= 0.6 is 25.3 Å². The highest BCUT2D eigenvalue weighted by Crippen LogP contribution is 2.15. The molecule has 0 N–H and O–H groups in total. The predicted molar refractivity (Wildman–Crippen MR) is 37.5 cm³/mol. The molecule has 0 aliphatic carbocycles. The van der Waals surface area contributed by atoms with Crippen LogP contribution in [-0.4, -0.2) is 24.1 Å². The maximum absolute atomic E-state index is 5.05. The fourth-order valence-corrected chi connectivity index (χ4v) is 0.885. The van der Waals surface area contributed by atoms with Crippen LogP contribution in [0.15, 0.2) is 0 Å². The Hall–Kier alpha value is 0.620. The molecule has 1 aliphatic heterocycles. The van der Waals surface area contributed by atoms with E-state index in [1.165, 1.54) is 0 Å². The molecule has 0 aromatic carbocycles. The molecule has 1 rings (SSSR count). The average Bonchev–Trinajstić information content (AvgIpc) is 1.77. The molecular weight excluding hydrogens is 144 g/mol. The summed E-state index contributed by atoms with van der Waals surface area (Å²) in [5, 5.41) is 0. The van der Waals surface area contributed by atoms with E-state index in [1.54, 1.807) is 0 Å². The molecule has 48 valence electrons. The van der Waals surface area contributed by atoms with Crippen molar-refractivity contribution in [3.8, 4) is 0 Å². The first-order valence-corrected chi connectivity index (χ1v) is 3.43. The molecule has 0 saturated carbocycles. The molecule has 0 radical (unpaired) electrons. The van der Waals surface area contributed by atoms with E-state index in [1.807, 2.05) is 0 Å². The van der Waals surface area contributed by atoms with Gasteiger partial charge in [-0.2, -0.15) is 0 Å². The van der Waals surface area contributed by atoms with Crippen molar-refractivity contribution in [1.29, 1.82) is 0 Å². The number of thiol groups is 2. The molecule has 1 unspecified atom stereocenters. The zero-order valence-electron chi connectivity index (χ0n) is 4.28. The van der Waals surface area contributed by atoms with Crippen LogP contribution in [-0.2, 0) is 9.47 Å². The lowest BCUT2D eigenvalue weighted by molar-refractivity contribution is -0.0645. The Bertz CT molecular complexity index is 68.4. The minimum Gasteiger partial charge on any atom is -0.362 e. The van der Waals surface area contributed by atoms with Crippen LogP contribution in [0.2, 0.25) is 0 Å². The van der Waals surface area contributed by atoms with Gasteiger partial charge in [-0.25, -0.2) is 0 Å². The quantitative estimate of drug-likeness (QED) is 0.494. The second kappa shape index (κ2) is 2.96. The van der Waals surface area contributed by atoms with Crippen molar-refractivity contribution in [2.45, 2.75) is 10.9 Å². The first kappa shape index (κ1) is 6.74. The van der Waals surface area contributed by atoms with Crippen LogP contribution in [0.3, 0.4) is 0 Å². The number of rotatable bonds is 0. The lowest BCUT2D eigenvalue weighted by Gasteiger charge is -2.24. The Morgan fingerprint density at radius 2 is 1.38 bits per heavy atom. The van der Waals surface area contributed by atoms with Crippen molar-refractivity contribution in [3.63, 3.8) is 0 Å². The maximum Gasteiger partial charge on any atom is 0.135 e. The fraction of sp³-hybridized carbons (Fsp3) is 1.00. The summed E-state index contributed by atoms with van der Waals surface area (Å²) < 4.78 is 10.1. The van der Waals surface area contributed by atoms with Crippen molar-refractivity contribution >= 4 is 25.3 Å². The van der Waals surface area contributed by atoms with Crippen LogP contribution in [0.5, 0.6) is 0 Å². The molecule has 1 fully saturated rings. The predicted octanol–water partition coefficient (Wildman–Crippen LogP) is 0.545. The number of hydrogen-bond donors (Lipinski definition) is 2. The van der Waals surface area contributed by atoms with Gasteiger partial charge in [-0.1, -0.05) is 0 Å². The molecule has 1 saturated heterocycles. The Morgan fingerprint density at radius 3 is 1.62 bits per heavy atom. The highest BCUT2D eigenvalue weighted by molar-refractivity contribution is 7.85. The van der Waals surface area contributed by atoms with E-state index in [9.17, 15) is 0 Å². The van der Waals surface area contributed by atoms with Crippen LogP contribution in [0.25, 0.3) is 0 Å². The number of ether oxygens (including phenoxy) is 2. The van der Waals surface area contributed by atoms with Crippen molar-refractivity contribution in [1.82, 2.24) is 0 Å². The van der Waals surface area contributed by atoms with Gasteiger partial charge in [-0.3, -0.25) is 0 Å². The molecule has 0 aromatic rings. The highest BCUT2D eigenvalue weighted by atomic mass is 32.1. The Balaban J connectivity index is 2.28.